The van der Waals surface area contributed by atoms with E-state index in [1.807, 2.05) is 0 Å². The molecular weight excluding hydrogens is 375 g/mol. The molecule has 0 saturated carbocycles. The molecular formula is C16H12F3NO3S2. The summed E-state index contributed by atoms with van der Waals surface area (Å²) in [5, 5.41) is 10.6. The fourth-order valence-electron chi connectivity index (χ4n) is 3.24. The highest BCUT2D eigenvalue weighted by Gasteiger charge is 2.40. The Labute approximate surface area is 145 Å². The topological polar surface area (TPSA) is 59.3 Å². The van der Waals surface area contributed by atoms with E-state index in [9.17, 15) is 26.7 Å². The van der Waals surface area contributed by atoms with Gasteiger partial charge in [0.2, 0.25) is 0 Å². The van der Waals surface area contributed by atoms with Gasteiger partial charge < -0.3 is 9.67 Å². The molecule has 0 amide bonds. The fraction of sp³-hybridized carbons (Fsp3) is 0.250. The summed E-state index contributed by atoms with van der Waals surface area (Å²) in [4.78, 5) is 0. The lowest BCUT2D eigenvalue weighted by Gasteiger charge is -2.07. The number of hydrogen-bond donors (Lipinski definition) is 1. The van der Waals surface area contributed by atoms with Crippen molar-refractivity contribution in [3.8, 4) is 5.00 Å². The molecule has 1 aliphatic carbocycles. The Morgan fingerprint density at radius 3 is 2.72 bits per heavy atom. The first-order chi connectivity index (χ1) is 11.7. The van der Waals surface area contributed by atoms with Crippen LogP contribution in [0.25, 0.3) is 15.9 Å². The molecule has 0 saturated heterocycles. The largest absolute Gasteiger partial charge is 0.385 e. The third kappa shape index (κ3) is 2.41. The summed E-state index contributed by atoms with van der Waals surface area (Å²) in [7, 11) is -3.69. The molecule has 4 rings (SSSR count). The second kappa shape index (κ2) is 5.33. The number of aliphatic hydroxyl groups is 1. The van der Waals surface area contributed by atoms with Crippen LogP contribution in [-0.2, 0) is 16.3 Å². The average Bonchev–Trinajstić information content (AvgIpc) is 3.14. The Morgan fingerprint density at radius 2 is 2.04 bits per heavy atom. The number of rotatable bonds is 2. The number of halogens is 3. The van der Waals surface area contributed by atoms with Crippen LogP contribution in [0.4, 0.5) is 13.2 Å². The SMILES string of the molecule is CS(=O)(=O)c1sc(-n2ccc3c(F)cc(F)cc32)c2c1[C@H](O)[C@H](F)C2. The van der Waals surface area contributed by atoms with Crippen molar-refractivity contribution < 1.29 is 26.7 Å². The number of thiophene rings is 1. The molecule has 2 atom stereocenters. The van der Waals surface area contributed by atoms with Crippen LogP contribution in [0, 0.1) is 11.6 Å². The van der Waals surface area contributed by atoms with Gasteiger partial charge in [0.1, 0.15) is 33.1 Å². The quantitative estimate of drug-likeness (QED) is 0.734. The molecule has 1 aromatic carbocycles. The highest BCUT2D eigenvalue weighted by Crippen LogP contribution is 2.47. The predicted molar refractivity (Wildman–Crippen MR) is 87.7 cm³/mol. The maximum atomic E-state index is 14.0. The number of fused-ring (bicyclic) bond motifs is 2. The van der Waals surface area contributed by atoms with Gasteiger partial charge in [-0.1, -0.05) is 0 Å². The van der Waals surface area contributed by atoms with Crippen molar-refractivity contribution >= 4 is 32.1 Å². The molecule has 0 aliphatic heterocycles. The molecule has 1 N–H and O–H groups in total. The maximum absolute atomic E-state index is 14.0. The van der Waals surface area contributed by atoms with Crippen LogP contribution < -0.4 is 0 Å². The molecule has 2 aromatic heterocycles. The van der Waals surface area contributed by atoms with Crippen molar-refractivity contribution in [1.82, 2.24) is 4.57 Å². The van der Waals surface area contributed by atoms with Crippen molar-refractivity contribution in [1.29, 1.82) is 0 Å². The summed E-state index contributed by atoms with van der Waals surface area (Å²) in [6.07, 6.45) is -0.847. The number of aromatic nitrogens is 1. The van der Waals surface area contributed by atoms with Crippen molar-refractivity contribution in [2.45, 2.75) is 22.9 Å². The molecule has 0 fully saturated rings. The summed E-state index contributed by atoms with van der Waals surface area (Å²) in [5.41, 5.74) is 0.611. The van der Waals surface area contributed by atoms with E-state index in [4.69, 9.17) is 0 Å². The molecule has 25 heavy (non-hydrogen) atoms. The van der Waals surface area contributed by atoms with E-state index in [2.05, 4.69) is 0 Å². The Kier molecular flexibility index (Phi) is 3.54. The Hall–Kier alpha value is -1.84. The normalized spacial score (nSPS) is 20.4. The Balaban J connectivity index is 2.04. The summed E-state index contributed by atoms with van der Waals surface area (Å²) in [6.45, 7) is 0. The molecule has 0 radical (unpaired) electrons. The molecule has 4 nitrogen and oxygen atoms in total. The van der Waals surface area contributed by atoms with Crippen molar-refractivity contribution in [2.75, 3.05) is 6.26 Å². The summed E-state index contributed by atoms with van der Waals surface area (Å²) in [6, 6.07) is 3.33. The minimum absolute atomic E-state index is 0.0497. The van der Waals surface area contributed by atoms with Gasteiger partial charge in [-0.3, -0.25) is 0 Å². The first-order valence-electron chi connectivity index (χ1n) is 7.32. The molecule has 132 valence electrons. The predicted octanol–water partition coefficient (Wildman–Crippen LogP) is 3.30. The minimum atomic E-state index is -3.69. The number of alkyl halides is 1. The average molecular weight is 387 g/mol. The van der Waals surface area contributed by atoms with Crippen molar-refractivity contribution in [3.63, 3.8) is 0 Å². The highest BCUT2D eigenvalue weighted by molar-refractivity contribution is 7.92. The lowest BCUT2D eigenvalue weighted by molar-refractivity contribution is 0.0910. The van der Waals surface area contributed by atoms with Gasteiger partial charge in [0.25, 0.3) is 0 Å². The molecule has 0 unspecified atom stereocenters. The van der Waals surface area contributed by atoms with E-state index in [1.165, 1.54) is 16.8 Å². The zero-order chi connectivity index (χ0) is 18.1. The zero-order valence-corrected chi connectivity index (χ0v) is 14.5. The second-order valence-electron chi connectivity index (χ2n) is 6.03. The number of sulfone groups is 1. The van der Waals surface area contributed by atoms with Gasteiger partial charge in [0.15, 0.2) is 9.84 Å². The van der Waals surface area contributed by atoms with Crippen LogP contribution in [0.2, 0.25) is 0 Å². The Bertz CT molecular complexity index is 1120. The van der Waals surface area contributed by atoms with Crippen LogP contribution in [0.15, 0.2) is 28.6 Å². The summed E-state index contributed by atoms with van der Waals surface area (Å²) < 4.78 is 67.0. The molecule has 9 heteroatoms. The van der Waals surface area contributed by atoms with Gasteiger partial charge in [0.05, 0.1) is 5.52 Å². The first-order valence-corrected chi connectivity index (χ1v) is 10.0. The molecule has 0 bridgehead atoms. The molecule has 2 heterocycles. The zero-order valence-electron chi connectivity index (χ0n) is 12.8. The second-order valence-corrected chi connectivity index (χ2v) is 9.24. The van der Waals surface area contributed by atoms with Gasteiger partial charge >= 0.3 is 0 Å². The third-order valence-corrected chi connectivity index (χ3v) is 7.40. The monoisotopic (exact) mass is 387 g/mol. The molecule has 0 spiro atoms. The summed E-state index contributed by atoms with van der Waals surface area (Å²) in [5.74, 6) is -1.52. The number of nitrogens with zero attached hydrogens (tertiary/aromatic N) is 1. The van der Waals surface area contributed by atoms with Crippen LogP contribution in [0.1, 0.15) is 17.2 Å². The van der Waals surface area contributed by atoms with E-state index < -0.39 is 33.7 Å². The first kappa shape index (κ1) is 16.6. The van der Waals surface area contributed by atoms with Crippen LogP contribution in [0.3, 0.4) is 0 Å². The van der Waals surface area contributed by atoms with Crippen LogP contribution >= 0.6 is 11.3 Å². The fourth-order valence-corrected chi connectivity index (χ4v) is 5.83. The Morgan fingerprint density at radius 1 is 1.32 bits per heavy atom. The number of benzene rings is 1. The molecule has 1 aliphatic rings. The van der Waals surface area contributed by atoms with E-state index >= 15 is 0 Å². The van der Waals surface area contributed by atoms with E-state index in [1.54, 1.807) is 0 Å². The van der Waals surface area contributed by atoms with Crippen LogP contribution in [-0.4, -0.2) is 30.5 Å². The third-order valence-electron chi connectivity index (χ3n) is 4.31. The van der Waals surface area contributed by atoms with E-state index in [-0.39, 0.29) is 27.1 Å². The van der Waals surface area contributed by atoms with E-state index in [0.29, 0.717) is 10.6 Å². The summed E-state index contributed by atoms with van der Waals surface area (Å²) >= 11 is 0.862. The molecule has 3 aromatic rings. The van der Waals surface area contributed by atoms with Crippen molar-refractivity contribution in [3.05, 3.63) is 47.2 Å². The van der Waals surface area contributed by atoms with Gasteiger partial charge in [-0.05, 0) is 17.7 Å². The van der Waals surface area contributed by atoms with Gasteiger partial charge in [-0.25, -0.2) is 21.6 Å². The lowest BCUT2D eigenvalue weighted by Crippen LogP contribution is -2.09. The standard InChI is InChI=1S/C16H12F3NO3S2/c1-25(22,23)16-13-9(6-11(19)14(13)21)15(24-16)20-3-2-8-10(18)4-7(17)5-12(8)20/h2-5,11,14,21H,6H2,1H3/t11-,14-/m1/s1. The van der Waals surface area contributed by atoms with Gasteiger partial charge in [-0.15, -0.1) is 11.3 Å². The van der Waals surface area contributed by atoms with Crippen molar-refractivity contribution in [2.24, 2.45) is 0 Å². The van der Waals surface area contributed by atoms with Gasteiger partial charge in [-0.2, -0.15) is 0 Å². The number of aliphatic hydroxyl groups excluding tert-OH is 1. The van der Waals surface area contributed by atoms with E-state index in [0.717, 1.165) is 29.7 Å². The smallest absolute Gasteiger partial charge is 0.185 e. The van der Waals surface area contributed by atoms with Gasteiger partial charge in [0, 0.05) is 35.9 Å². The highest BCUT2D eigenvalue weighted by atomic mass is 32.2. The maximum Gasteiger partial charge on any atom is 0.185 e. The lowest BCUT2D eigenvalue weighted by atomic mass is 10.2. The minimum Gasteiger partial charge on any atom is -0.385 e. The number of hydrogen-bond acceptors (Lipinski definition) is 4. The van der Waals surface area contributed by atoms with Crippen LogP contribution in [0.5, 0.6) is 0 Å².